The van der Waals surface area contributed by atoms with Crippen LogP contribution in [0.25, 0.3) is 21.5 Å². The second-order valence-corrected chi connectivity index (χ2v) is 39.1. The number of carbonyl (C=O) groups excluding carboxylic acids is 8. The number of nitrogens with zero attached hydrogens (tertiary/aromatic N) is 4. The van der Waals surface area contributed by atoms with Crippen molar-refractivity contribution in [1.82, 2.24) is 29.2 Å². The molecule has 0 bridgehead atoms. The fourth-order valence-corrected chi connectivity index (χ4v) is 19.4. The summed E-state index contributed by atoms with van der Waals surface area (Å²) in [4.78, 5) is 126. The van der Waals surface area contributed by atoms with E-state index in [9.17, 15) is 71.9 Å². The first kappa shape index (κ1) is 81.9. The molecule has 0 radical (unpaired) electrons. The third-order valence-corrected chi connectivity index (χ3v) is 29.5. The number of amides is 4. The van der Waals surface area contributed by atoms with Gasteiger partial charge in [-0.1, -0.05) is 64.8 Å². The highest BCUT2D eigenvalue weighted by molar-refractivity contribution is 7.92. The Kier molecular flexibility index (Phi) is 23.8. The number of methoxy groups -OCH3 is 2. The van der Waals surface area contributed by atoms with Crippen molar-refractivity contribution in [3.63, 3.8) is 0 Å². The number of hydrogen-bond acceptors (Lipinski definition) is 20. The number of hydrogen-bond donors (Lipinski definition) is 2. The van der Waals surface area contributed by atoms with Gasteiger partial charge in [-0.2, -0.15) is 0 Å². The number of allylic oxidation sites excluding steroid dienone is 4. The van der Waals surface area contributed by atoms with Crippen molar-refractivity contribution >= 4 is 88.7 Å². The summed E-state index contributed by atoms with van der Waals surface area (Å²) in [5, 5.41) is 1.60. The first-order valence-electron chi connectivity index (χ1n) is 43.5. The third kappa shape index (κ3) is 19.3. The van der Waals surface area contributed by atoms with Crippen LogP contribution in [0.5, 0.6) is 23.3 Å². The van der Waals surface area contributed by atoms with Gasteiger partial charge < -0.3 is 38.2 Å². The van der Waals surface area contributed by atoms with Crippen LogP contribution in [-0.4, -0.2) is 168 Å². The van der Waals surface area contributed by atoms with Crippen molar-refractivity contribution in [3.05, 3.63) is 84.7 Å². The SMILES string of the molecule is [2H]C([2H])([2H])C1(S(=O)(=O)NC(=O)[C@]23CC(=O)[C@@H]4C[C@@H](Oc5nccc6cc(OC)c(F)cc56)CN4C(=O)[C@@H](CC(=O)OC(C)(C)C(C)(F)F)[C@H](CC)C[C@@H](C)CC/C=C\[C@@H]2C3)CC1.[2H]C([2H])([2H])C1(S(=O)(=O)NC(=O)[C@]23CC(=O)[C@@H]4C[C@@H](Oc5nccc6cc(OC)c(F)cc56)CN4C(=O)[C@@H](CC(=O)OC(C)(C)C(C)(F)F)[C@H](CC)C[C@H](C)CC/C=C\[C@@H]2C3)CC1. The number of Topliss-reactive ketones (excluding diaryl/α,β-unsaturated/α-hetero) is 2. The van der Waals surface area contributed by atoms with E-state index in [4.69, 9.17) is 36.6 Å². The molecular formula is C86H112F6N6O18S2. The lowest BCUT2D eigenvalue weighted by atomic mass is 9.79. The summed E-state index contributed by atoms with van der Waals surface area (Å²) in [6.07, 6.45) is 9.32. The highest BCUT2D eigenvalue weighted by Crippen LogP contribution is 2.60. The van der Waals surface area contributed by atoms with Crippen molar-refractivity contribution in [3.8, 4) is 23.3 Å². The van der Waals surface area contributed by atoms with Crippen LogP contribution >= 0.6 is 0 Å². The summed E-state index contributed by atoms with van der Waals surface area (Å²) in [7, 11) is -6.79. The van der Waals surface area contributed by atoms with Crippen molar-refractivity contribution in [2.45, 2.75) is 268 Å². The largest absolute Gasteiger partial charge is 0.494 e. The smallest absolute Gasteiger partial charge is 0.307 e. The van der Waals surface area contributed by atoms with Gasteiger partial charge in [0.25, 0.3) is 11.8 Å². The molecule has 0 unspecified atom stereocenters. The van der Waals surface area contributed by atoms with Gasteiger partial charge in [0.15, 0.2) is 45.9 Å². The van der Waals surface area contributed by atoms with Gasteiger partial charge in [0.2, 0.25) is 55.4 Å². The average molecular weight is 1700 g/mol. The van der Waals surface area contributed by atoms with Gasteiger partial charge in [0.1, 0.15) is 12.2 Å². The van der Waals surface area contributed by atoms with Crippen molar-refractivity contribution in [1.29, 1.82) is 0 Å². The molecule has 648 valence electrons. The molecule has 14 atom stereocenters. The molecular weight excluding hydrogens is 1580 g/mol. The van der Waals surface area contributed by atoms with Crippen LogP contribution in [0, 0.1) is 69.8 Å². The molecule has 2 saturated heterocycles. The van der Waals surface area contributed by atoms with Gasteiger partial charge in [-0.3, -0.25) is 47.8 Å². The Labute approximate surface area is 694 Å². The molecule has 32 heteroatoms. The summed E-state index contributed by atoms with van der Waals surface area (Å²) in [5.74, 6) is -19.2. The van der Waals surface area contributed by atoms with E-state index in [1.807, 2.05) is 49.3 Å². The molecule has 8 aliphatic rings. The number of benzene rings is 2. The molecule has 4 aromatic rings. The number of aromatic nitrogens is 2. The van der Waals surface area contributed by atoms with E-state index in [0.717, 1.165) is 27.7 Å². The zero-order chi connectivity index (χ0) is 91.6. The summed E-state index contributed by atoms with van der Waals surface area (Å²) >= 11 is 0. The van der Waals surface area contributed by atoms with Gasteiger partial charge >= 0.3 is 11.9 Å². The maximum absolute atomic E-state index is 15.1. The van der Waals surface area contributed by atoms with Crippen LogP contribution in [0.1, 0.15) is 220 Å². The minimum absolute atomic E-state index is 0.00323. The minimum Gasteiger partial charge on any atom is -0.494 e. The van der Waals surface area contributed by atoms with Crippen LogP contribution in [0.4, 0.5) is 26.3 Å². The Hall–Kier alpha value is -8.42. The van der Waals surface area contributed by atoms with E-state index >= 15 is 9.59 Å². The number of esters is 2. The Morgan fingerprint density at radius 2 is 0.941 bits per heavy atom. The Bertz CT molecular complexity index is 4770. The zero-order valence-corrected chi connectivity index (χ0v) is 70.3. The van der Waals surface area contributed by atoms with E-state index in [0.29, 0.717) is 76.0 Å². The number of rotatable bonds is 22. The maximum Gasteiger partial charge on any atom is 0.307 e. The van der Waals surface area contributed by atoms with Crippen molar-refractivity contribution in [2.24, 2.45) is 58.2 Å². The number of ketones is 2. The van der Waals surface area contributed by atoms with Crippen LogP contribution < -0.4 is 28.4 Å². The van der Waals surface area contributed by atoms with Gasteiger partial charge in [-0.05, 0) is 201 Å². The van der Waals surface area contributed by atoms with E-state index in [-0.39, 0.29) is 110 Å². The molecule has 6 heterocycles. The molecule has 0 spiro atoms. The number of sulfonamides is 2. The van der Waals surface area contributed by atoms with E-state index in [2.05, 4.69) is 9.97 Å². The molecule has 2 N–H and O–H groups in total. The molecule has 4 aliphatic carbocycles. The summed E-state index contributed by atoms with van der Waals surface area (Å²) in [6.45, 7) is 6.96. The monoisotopic (exact) mass is 1700 g/mol. The van der Waals surface area contributed by atoms with E-state index in [1.165, 1.54) is 60.7 Å². The molecule has 6 fully saturated rings. The highest BCUT2D eigenvalue weighted by Gasteiger charge is 2.65. The summed E-state index contributed by atoms with van der Waals surface area (Å²) in [5.41, 5.74) is -7.60. The number of carbonyl (C=O) groups is 8. The molecule has 4 saturated carbocycles. The summed E-state index contributed by atoms with van der Waals surface area (Å²) in [6, 6.07) is 5.98. The van der Waals surface area contributed by atoms with Crippen molar-refractivity contribution < 1.29 is 118 Å². The predicted molar refractivity (Wildman–Crippen MR) is 425 cm³/mol. The first-order chi connectivity index (χ1) is 57.6. The molecule has 4 amide bonds. The van der Waals surface area contributed by atoms with Gasteiger partial charge in [0.05, 0.1) is 84.4 Å². The number of nitrogens with one attached hydrogen (secondary N) is 2. The highest BCUT2D eigenvalue weighted by atomic mass is 32.2. The standard InChI is InChI=1S/2C43H56F3N3O9S/c2*1-8-26-17-25(2)11-9-10-12-28-22-43(28,39(53)48-59(54,55)41(5)14-15-41)23-34(50)33-19-29(57-37-30-20-32(44)35(56-7)18-27(30)13-16-47-37)24-49(33)38(52)31(26)21-36(51)58-40(3,4)42(6,45)46/h2*10,12-13,16,18,20,25-26,28-29,31,33H,8-9,11,14-15,17,19,21-24H2,1-7H3,(H,48,53)/b2*12-10-/t25-,26+,28+,29+,31-,33-,43+;25-,26-,28-,29-,31+,33+,43-/m01/s1/i2*5D3. The van der Waals surface area contributed by atoms with Crippen LogP contribution in [-0.2, 0) is 67.9 Å². The molecule has 24 nitrogen and oxygen atoms in total. The normalized spacial score (nSPS) is 30.3. The number of fused-ring (bicyclic) bond motifs is 6. The third-order valence-electron chi connectivity index (χ3n) is 25.7. The zero-order valence-electron chi connectivity index (χ0n) is 74.6. The van der Waals surface area contributed by atoms with Crippen molar-refractivity contribution in [2.75, 3.05) is 27.3 Å². The second-order valence-electron chi connectivity index (χ2n) is 35.1. The molecule has 12 rings (SSSR count). The first-order valence-corrected chi connectivity index (χ1v) is 43.5. The average Bonchev–Trinajstić information content (AvgIpc) is 1.55. The van der Waals surface area contributed by atoms with Gasteiger partial charge in [-0.15, -0.1) is 0 Å². The Morgan fingerprint density at radius 1 is 0.576 bits per heavy atom. The van der Waals surface area contributed by atoms with Crippen LogP contribution in [0.3, 0.4) is 0 Å². The topological polar surface area (TPSA) is 317 Å². The minimum atomic E-state index is -4.72. The number of halogens is 6. The fourth-order valence-electron chi connectivity index (χ4n) is 16.8. The van der Waals surface area contributed by atoms with E-state index < -0.39 is 221 Å². The maximum atomic E-state index is 15.1. The quantitative estimate of drug-likeness (QED) is 0.0419. The Balaban J connectivity index is 0.000000241. The molecule has 2 aromatic heterocycles. The van der Waals surface area contributed by atoms with Crippen LogP contribution in [0.15, 0.2) is 73.1 Å². The molecule has 4 aliphatic heterocycles. The van der Waals surface area contributed by atoms with Gasteiger partial charge in [-0.25, -0.2) is 53.1 Å². The number of pyridine rings is 2. The van der Waals surface area contributed by atoms with E-state index in [1.54, 1.807) is 24.3 Å². The fraction of sp³-hybridized carbons (Fsp3) is 0.651. The summed E-state index contributed by atoms with van der Waals surface area (Å²) < 4.78 is 223. The Morgan fingerprint density at radius 3 is 1.26 bits per heavy atom. The lowest BCUT2D eigenvalue weighted by molar-refractivity contribution is -0.197. The lowest BCUT2D eigenvalue weighted by Crippen LogP contribution is -2.49. The second kappa shape index (κ2) is 34.2. The lowest BCUT2D eigenvalue weighted by Gasteiger charge is -2.35. The molecule has 2 aromatic carbocycles. The van der Waals surface area contributed by atoms with Crippen LogP contribution in [0.2, 0.25) is 0 Å². The predicted octanol–water partition coefficient (Wildman–Crippen LogP) is 14.2. The number of alkyl halides is 4. The van der Waals surface area contributed by atoms with Gasteiger partial charge in [0, 0.05) is 70.9 Å². The number of ether oxygens (including phenoxy) is 6. The molecule has 118 heavy (non-hydrogen) atoms.